The summed E-state index contributed by atoms with van der Waals surface area (Å²) in [6.07, 6.45) is -0.838. The van der Waals surface area contributed by atoms with E-state index < -0.39 is 27.9 Å². The van der Waals surface area contributed by atoms with Crippen LogP contribution in [0.2, 0.25) is 0 Å². The zero-order valence-electron chi connectivity index (χ0n) is 18.2. The van der Waals surface area contributed by atoms with E-state index in [-0.39, 0.29) is 28.3 Å². The number of hydrogen-bond donors (Lipinski definition) is 1. The van der Waals surface area contributed by atoms with Gasteiger partial charge in [-0.1, -0.05) is 17.7 Å². The SMILES string of the molecule is COc1ccc2c(c1)C(OCCOc1c(F)cc(F)cc1Br)NN2S(=O)(=O)c1ccc(C)cc1. The van der Waals surface area contributed by atoms with Crippen LogP contribution < -0.4 is 19.3 Å². The van der Waals surface area contributed by atoms with Gasteiger partial charge in [0.15, 0.2) is 17.8 Å². The van der Waals surface area contributed by atoms with E-state index in [0.717, 1.165) is 22.1 Å². The maximum absolute atomic E-state index is 14.0. The molecule has 1 heterocycles. The van der Waals surface area contributed by atoms with E-state index in [0.29, 0.717) is 17.0 Å². The summed E-state index contributed by atoms with van der Waals surface area (Å²) >= 11 is 3.06. The van der Waals surface area contributed by atoms with Crippen molar-refractivity contribution in [3.63, 3.8) is 0 Å². The van der Waals surface area contributed by atoms with Gasteiger partial charge in [0.1, 0.15) is 18.2 Å². The highest BCUT2D eigenvalue weighted by atomic mass is 79.9. The number of hydrazine groups is 1. The van der Waals surface area contributed by atoms with Crippen LogP contribution in [0.4, 0.5) is 14.5 Å². The minimum Gasteiger partial charge on any atom is -0.497 e. The number of sulfonamides is 1. The summed E-state index contributed by atoms with van der Waals surface area (Å²) in [5, 5.41) is 0. The van der Waals surface area contributed by atoms with Gasteiger partial charge in [-0.15, -0.1) is 0 Å². The largest absolute Gasteiger partial charge is 0.497 e. The van der Waals surface area contributed by atoms with Crippen LogP contribution in [0.5, 0.6) is 11.5 Å². The first kappa shape index (κ1) is 24.4. The van der Waals surface area contributed by atoms with Gasteiger partial charge in [0.25, 0.3) is 10.0 Å². The molecule has 3 aromatic carbocycles. The molecule has 180 valence electrons. The number of fused-ring (bicyclic) bond motifs is 1. The van der Waals surface area contributed by atoms with Gasteiger partial charge in [-0.25, -0.2) is 8.78 Å². The summed E-state index contributed by atoms with van der Waals surface area (Å²) in [6.45, 7) is 1.79. The molecule has 0 saturated heterocycles. The highest BCUT2D eigenvalue weighted by Gasteiger charge is 2.37. The molecule has 34 heavy (non-hydrogen) atoms. The highest BCUT2D eigenvalue weighted by molar-refractivity contribution is 9.10. The Labute approximate surface area is 204 Å². The Morgan fingerprint density at radius 1 is 1.06 bits per heavy atom. The van der Waals surface area contributed by atoms with Crippen molar-refractivity contribution in [1.82, 2.24) is 5.43 Å². The molecule has 1 aliphatic rings. The van der Waals surface area contributed by atoms with Crippen molar-refractivity contribution >= 4 is 31.6 Å². The Hall–Kier alpha value is -2.73. The molecular weight excluding hydrogens is 534 g/mol. The number of methoxy groups -OCH3 is 1. The third kappa shape index (κ3) is 4.88. The minimum absolute atomic E-state index is 0.0179. The normalized spacial score (nSPS) is 15.3. The molecule has 1 N–H and O–H groups in total. The summed E-state index contributed by atoms with van der Waals surface area (Å²) in [4.78, 5) is 0.119. The van der Waals surface area contributed by atoms with Gasteiger partial charge in [-0.3, -0.25) is 0 Å². The van der Waals surface area contributed by atoms with Crippen molar-refractivity contribution in [3.8, 4) is 11.5 Å². The van der Waals surface area contributed by atoms with E-state index >= 15 is 0 Å². The first-order valence-corrected chi connectivity index (χ1v) is 12.4. The first-order chi connectivity index (χ1) is 16.2. The van der Waals surface area contributed by atoms with Gasteiger partial charge in [0.05, 0.1) is 28.8 Å². The molecule has 0 aliphatic carbocycles. The maximum atomic E-state index is 14.0. The second kappa shape index (κ2) is 9.87. The second-order valence-electron chi connectivity index (χ2n) is 7.43. The number of anilines is 1. The van der Waals surface area contributed by atoms with Gasteiger partial charge in [0, 0.05) is 11.6 Å². The summed E-state index contributed by atoms with van der Waals surface area (Å²) in [7, 11) is -2.43. The lowest BCUT2D eigenvalue weighted by atomic mass is 10.1. The molecule has 0 saturated carbocycles. The highest BCUT2D eigenvalue weighted by Crippen LogP contribution is 2.39. The Morgan fingerprint density at radius 2 is 1.79 bits per heavy atom. The minimum atomic E-state index is -3.93. The van der Waals surface area contributed by atoms with Crippen molar-refractivity contribution in [2.45, 2.75) is 18.0 Å². The number of nitrogens with one attached hydrogen (secondary N) is 1. The van der Waals surface area contributed by atoms with Crippen LogP contribution in [0.25, 0.3) is 0 Å². The molecule has 1 aliphatic heterocycles. The van der Waals surface area contributed by atoms with E-state index in [4.69, 9.17) is 14.2 Å². The standard InChI is InChI=1S/C23H21BrF2N2O5S/c1-14-3-6-17(7-4-14)34(29,30)28-21-8-5-16(31-2)13-18(21)23(27-28)33-10-9-32-22-19(24)11-15(25)12-20(22)26/h3-8,11-13,23,27H,9-10H2,1-2H3. The molecule has 1 unspecified atom stereocenters. The topological polar surface area (TPSA) is 77.1 Å². The van der Waals surface area contributed by atoms with E-state index in [1.54, 1.807) is 30.3 Å². The summed E-state index contributed by atoms with van der Waals surface area (Å²) in [5.74, 6) is -1.20. The van der Waals surface area contributed by atoms with Crippen LogP contribution in [0, 0.1) is 18.6 Å². The van der Waals surface area contributed by atoms with Crippen molar-refractivity contribution in [2.24, 2.45) is 0 Å². The van der Waals surface area contributed by atoms with E-state index in [2.05, 4.69) is 21.4 Å². The Bertz CT molecular complexity index is 1280. The summed E-state index contributed by atoms with van der Waals surface area (Å²) in [5.41, 5.74) is 4.74. The van der Waals surface area contributed by atoms with Crippen LogP contribution in [0.1, 0.15) is 17.4 Å². The lowest BCUT2D eigenvalue weighted by Crippen LogP contribution is -2.40. The molecule has 0 radical (unpaired) electrons. The van der Waals surface area contributed by atoms with Crippen LogP contribution in [-0.2, 0) is 14.8 Å². The van der Waals surface area contributed by atoms with Crippen molar-refractivity contribution in [1.29, 1.82) is 0 Å². The number of ether oxygens (including phenoxy) is 3. The van der Waals surface area contributed by atoms with Crippen molar-refractivity contribution in [3.05, 3.63) is 81.8 Å². The number of nitrogens with zero attached hydrogens (tertiary/aromatic N) is 1. The predicted molar refractivity (Wildman–Crippen MR) is 125 cm³/mol. The van der Waals surface area contributed by atoms with Crippen molar-refractivity contribution in [2.75, 3.05) is 24.7 Å². The van der Waals surface area contributed by atoms with Crippen molar-refractivity contribution < 1.29 is 31.4 Å². The van der Waals surface area contributed by atoms with E-state index in [1.807, 2.05) is 6.92 Å². The zero-order chi connectivity index (χ0) is 24.5. The molecule has 0 bridgehead atoms. The van der Waals surface area contributed by atoms with Gasteiger partial charge in [-0.05, 0) is 59.3 Å². The molecule has 11 heteroatoms. The quantitative estimate of drug-likeness (QED) is 0.401. The number of aryl methyl sites for hydroxylation is 1. The molecule has 0 amide bonds. The average Bonchev–Trinajstić information content (AvgIpc) is 3.16. The predicted octanol–water partition coefficient (Wildman–Crippen LogP) is 4.85. The van der Waals surface area contributed by atoms with E-state index in [9.17, 15) is 17.2 Å². The molecule has 0 spiro atoms. The number of rotatable bonds is 8. The molecule has 4 rings (SSSR count). The molecule has 1 atom stereocenters. The lowest BCUT2D eigenvalue weighted by molar-refractivity contribution is 0.0189. The molecule has 0 aromatic heterocycles. The van der Waals surface area contributed by atoms with Crippen LogP contribution in [0.3, 0.4) is 0 Å². The number of halogens is 3. The van der Waals surface area contributed by atoms with Crippen LogP contribution in [-0.4, -0.2) is 28.7 Å². The van der Waals surface area contributed by atoms with Crippen LogP contribution >= 0.6 is 15.9 Å². The smallest absolute Gasteiger partial charge is 0.277 e. The Balaban J connectivity index is 1.52. The fourth-order valence-corrected chi connectivity index (χ4v) is 5.29. The number of hydrogen-bond acceptors (Lipinski definition) is 6. The third-order valence-electron chi connectivity index (χ3n) is 5.11. The third-order valence-corrected chi connectivity index (χ3v) is 7.35. The monoisotopic (exact) mass is 554 g/mol. The molecule has 0 fully saturated rings. The molecule has 7 nitrogen and oxygen atoms in total. The van der Waals surface area contributed by atoms with Gasteiger partial charge < -0.3 is 14.2 Å². The first-order valence-electron chi connectivity index (χ1n) is 10.2. The fourth-order valence-electron chi connectivity index (χ4n) is 3.42. The average molecular weight is 555 g/mol. The fraction of sp³-hybridized carbons (Fsp3) is 0.217. The van der Waals surface area contributed by atoms with Crippen LogP contribution in [0.15, 0.2) is 64.0 Å². The second-order valence-corrected chi connectivity index (χ2v) is 10.1. The zero-order valence-corrected chi connectivity index (χ0v) is 20.6. The van der Waals surface area contributed by atoms with Gasteiger partial charge in [-0.2, -0.15) is 18.3 Å². The Morgan fingerprint density at radius 3 is 2.47 bits per heavy atom. The lowest BCUT2D eigenvalue weighted by Gasteiger charge is -2.21. The Kier molecular flexibility index (Phi) is 7.08. The summed E-state index contributed by atoms with van der Waals surface area (Å²) < 4.78 is 71.5. The molecule has 3 aromatic rings. The number of benzene rings is 3. The molecular formula is C23H21BrF2N2O5S. The summed E-state index contributed by atoms with van der Waals surface area (Å²) in [6, 6.07) is 13.3. The maximum Gasteiger partial charge on any atom is 0.277 e. The van der Waals surface area contributed by atoms with Gasteiger partial charge in [0.2, 0.25) is 0 Å². The van der Waals surface area contributed by atoms with Gasteiger partial charge >= 0.3 is 0 Å². The van der Waals surface area contributed by atoms with E-state index in [1.165, 1.54) is 19.2 Å².